The van der Waals surface area contributed by atoms with Crippen molar-refractivity contribution in [2.45, 2.75) is 20.0 Å². The van der Waals surface area contributed by atoms with Crippen molar-refractivity contribution >= 4 is 12.4 Å². The molecule has 0 amide bonds. The molecule has 0 heterocycles. The van der Waals surface area contributed by atoms with Crippen LogP contribution in [0.2, 0.25) is 0 Å². The topological polar surface area (TPSA) is 85.4 Å². The van der Waals surface area contributed by atoms with Crippen molar-refractivity contribution in [3.8, 4) is 11.5 Å². The van der Waals surface area contributed by atoms with E-state index in [1.54, 1.807) is 24.6 Å². The number of phenols is 2. The van der Waals surface area contributed by atoms with Gasteiger partial charge >= 0.3 is 0 Å². The predicted molar refractivity (Wildman–Crippen MR) is 96.6 cm³/mol. The molecule has 0 aromatic heterocycles. The largest absolute Gasteiger partial charge is 0.507 e. The molecule has 0 saturated carbocycles. The van der Waals surface area contributed by atoms with Gasteiger partial charge in [0.15, 0.2) is 0 Å². The van der Waals surface area contributed by atoms with E-state index in [1.165, 1.54) is 0 Å². The number of aromatic hydroxyl groups is 2. The molecule has 3 N–H and O–H groups in total. The van der Waals surface area contributed by atoms with E-state index >= 15 is 0 Å². The molecule has 24 heavy (non-hydrogen) atoms. The Balaban J connectivity index is 1.88. The number of nitrogens with zero attached hydrogens (tertiary/aromatic N) is 2. The third kappa shape index (κ3) is 4.67. The lowest BCUT2D eigenvalue weighted by molar-refractivity contribution is 0.193. The fraction of sp³-hybridized carbons (Fsp3) is 0.263. The standard InChI is InChI=1S/C19H22N2O3/c1-13-5-3-7-15(18(13)23)9-20-11-17(22)12-21-10-16-8-4-6-14(2)19(16)24/h3-10,17,22-24H,11-12H2,1-2H3. The first kappa shape index (κ1) is 17.7. The molecule has 0 bridgehead atoms. The number of aliphatic hydroxyl groups is 1. The van der Waals surface area contributed by atoms with Gasteiger partial charge < -0.3 is 15.3 Å². The van der Waals surface area contributed by atoms with E-state index in [0.717, 1.165) is 11.1 Å². The average molecular weight is 326 g/mol. The summed E-state index contributed by atoms with van der Waals surface area (Å²) >= 11 is 0. The van der Waals surface area contributed by atoms with Gasteiger partial charge in [0, 0.05) is 23.6 Å². The zero-order valence-electron chi connectivity index (χ0n) is 13.8. The lowest BCUT2D eigenvalue weighted by Crippen LogP contribution is -2.15. The molecule has 0 aliphatic rings. The first-order valence-corrected chi connectivity index (χ1v) is 7.74. The molecule has 2 aromatic carbocycles. The number of rotatable bonds is 6. The van der Waals surface area contributed by atoms with Crippen LogP contribution < -0.4 is 0 Å². The van der Waals surface area contributed by atoms with Crippen molar-refractivity contribution in [1.82, 2.24) is 0 Å². The fourth-order valence-electron chi connectivity index (χ4n) is 2.17. The maximum atomic E-state index is 9.90. The van der Waals surface area contributed by atoms with E-state index in [1.807, 2.05) is 38.1 Å². The molecule has 0 spiro atoms. The van der Waals surface area contributed by atoms with Crippen LogP contribution in [0.15, 0.2) is 46.4 Å². The Morgan fingerprint density at radius 3 is 1.67 bits per heavy atom. The van der Waals surface area contributed by atoms with Crippen LogP contribution in [0, 0.1) is 13.8 Å². The zero-order chi connectivity index (χ0) is 17.5. The highest BCUT2D eigenvalue weighted by atomic mass is 16.3. The van der Waals surface area contributed by atoms with Crippen molar-refractivity contribution in [1.29, 1.82) is 0 Å². The molecule has 0 atom stereocenters. The smallest absolute Gasteiger partial charge is 0.127 e. The minimum atomic E-state index is -0.726. The molecule has 0 radical (unpaired) electrons. The van der Waals surface area contributed by atoms with Crippen LogP contribution in [-0.2, 0) is 0 Å². The molecule has 2 rings (SSSR count). The minimum Gasteiger partial charge on any atom is -0.507 e. The summed E-state index contributed by atoms with van der Waals surface area (Å²) in [6.45, 7) is 4.00. The molecule has 5 nitrogen and oxygen atoms in total. The quantitative estimate of drug-likeness (QED) is 0.713. The number of hydrogen-bond acceptors (Lipinski definition) is 5. The molecular weight excluding hydrogens is 304 g/mol. The lowest BCUT2D eigenvalue weighted by Gasteiger charge is -2.05. The van der Waals surface area contributed by atoms with Gasteiger partial charge in [-0.3, -0.25) is 9.98 Å². The SMILES string of the molecule is Cc1cccc(C=NCC(O)CN=Cc2cccc(C)c2O)c1O. The van der Waals surface area contributed by atoms with Gasteiger partial charge in [0.2, 0.25) is 0 Å². The summed E-state index contributed by atoms with van der Waals surface area (Å²) in [5.74, 6) is 0.396. The normalized spacial score (nSPS) is 13.0. The number of phenolic OH excluding ortho intramolecular Hbond substituents is 2. The molecule has 2 aromatic rings. The van der Waals surface area contributed by atoms with Gasteiger partial charge in [-0.2, -0.15) is 0 Å². The predicted octanol–water partition coefficient (Wildman–Crippen LogP) is 2.61. The maximum Gasteiger partial charge on any atom is 0.127 e. The number of aryl methyl sites for hydroxylation is 2. The van der Waals surface area contributed by atoms with Crippen LogP contribution >= 0.6 is 0 Å². The highest BCUT2D eigenvalue weighted by molar-refractivity contribution is 5.84. The maximum absolute atomic E-state index is 9.90. The van der Waals surface area contributed by atoms with Gasteiger partial charge in [0.25, 0.3) is 0 Å². The summed E-state index contributed by atoms with van der Waals surface area (Å²) in [7, 11) is 0. The van der Waals surface area contributed by atoms with Crippen LogP contribution in [-0.4, -0.2) is 46.9 Å². The number of benzene rings is 2. The summed E-state index contributed by atoms with van der Waals surface area (Å²) in [6, 6.07) is 10.8. The number of para-hydroxylation sites is 2. The Kier molecular flexibility index (Phi) is 6.09. The summed E-state index contributed by atoms with van der Waals surface area (Å²) < 4.78 is 0. The first-order valence-electron chi connectivity index (χ1n) is 7.74. The van der Waals surface area contributed by atoms with Crippen molar-refractivity contribution in [3.63, 3.8) is 0 Å². The third-order valence-corrected chi connectivity index (χ3v) is 3.63. The van der Waals surface area contributed by atoms with Gasteiger partial charge in [-0.05, 0) is 37.1 Å². The molecule has 0 unspecified atom stereocenters. The van der Waals surface area contributed by atoms with Crippen molar-refractivity contribution in [3.05, 3.63) is 58.7 Å². The third-order valence-electron chi connectivity index (χ3n) is 3.63. The monoisotopic (exact) mass is 326 g/mol. The Morgan fingerprint density at radius 1 is 0.833 bits per heavy atom. The van der Waals surface area contributed by atoms with Crippen LogP contribution in [0.5, 0.6) is 11.5 Å². The molecule has 0 saturated heterocycles. The molecule has 0 aliphatic carbocycles. The second-order valence-corrected chi connectivity index (χ2v) is 5.67. The molecule has 126 valence electrons. The number of aliphatic hydroxyl groups excluding tert-OH is 1. The molecule has 5 heteroatoms. The first-order chi connectivity index (χ1) is 11.5. The highest BCUT2D eigenvalue weighted by Gasteiger charge is 2.04. The van der Waals surface area contributed by atoms with Gasteiger partial charge in [-0.25, -0.2) is 0 Å². The van der Waals surface area contributed by atoms with Gasteiger partial charge in [-0.1, -0.05) is 24.3 Å². The van der Waals surface area contributed by atoms with Crippen LogP contribution in [0.1, 0.15) is 22.3 Å². The Hall–Kier alpha value is -2.66. The minimum absolute atomic E-state index is 0.185. The summed E-state index contributed by atoms with van der Waals surface area (Å²) in [6.07, 6.45) is 2.36. The van der Waals surface area contributed by atoms with Crippen LogP contribution in [0.25, 0.3) is 0 Å². The van der Waals surface area contributed by atoms with E-state index in [-0.39, 0.29) is 24.6 Å². The highest BCUT2D eigenvalue weighted by Crippen LogP contribution is 2.20. The van der Waals surface area contributed by atoms with E-state index < -0.39 is 6.10 Å². The molecule has 0 aliphatic heterocycles. The lowest BCUT2D eigenvalue weighted by atomic mass is 10.1. The zero-order valence-corrected chi connectivity index (χ0v) is 13.8. The fourth-order valence-corrected chi connectivity index (χ4v) is 2.17. The van der Waals surface area contributed by atoms with E-state index in [0.29, 0.717) is 11.1 Å². The second kappa shape index (κ2) is 8.26. The Bertz CT molecular complexity index is 691. The van der Waals surface area contributed by atoms with E-state index in [4.69, 9.17) is 0 Å². The van der Waals surface area contributed by atoms with E-state index in [2.05, 4.69) is 9.98 Å². The van der Waals surface area contributed by atoms with Crippen LogP contribution in [0.3, 0.4) is 0 Å². The summed E-state index contributed by atoms with van der Waals surface area (Å²) in [4.78, 5) is 8.29. The van der Waals surface area contributed by atoms with E-state index in [9.17, 15) is 15.3 Å². The van der Waals surface area contributed by atoms with Crippen molar-refractivity contribution < 1.29 is 15.3 Å². The van der Waals surface area contributed by atoms with Gasteiger partial charge in [-0.15, -0.1) is 0 Å². The average Bonchev–Trinajstić information content (AvgIpc) is 2.55. The molecular formula is C19H22N2O3. The van der Waals surface area contributed by atoms with Crippen LogP contribution in [0.4, 0.5) is 0 Å². The van der Waals surface area contributed by atoms with Crippen molar-refractivity contribution in [2.75, 3.05) is 13.1 Å². The molecule has 0 fully saturated rings. The van der Waals surface area contributed by atoms with Crippen molar-refractivity contribution in [2.24, 2.45) is 9.98 Å². The Morgan fingerprint density at radius 2 is 1.25 bits per heavy atom. The second-order valence-electron chi connectivity index (χ2n) is 5.67. The number of aliphatic imine (C=N–C) groups is 2. The summed E-state index contributed by atoms with van der Waals surface area (Å²) in [5, 5.41) is 29.7. The van der Waals surface area contributed by atoms with Gasteiger partial charge in [0.05, 0.1) is 19.2 Å². The summed E-state index contributed by atoms with van der Waals surface area (Å²) in [5.41, 5.74) is 2.80. The number of hydrogen-bond donors (Lipinski definition) is 3. The van der Waals surface area contributed by atoms with Gasteiger partial charge in [0.1, 0.15) is 11.5 Å². The Labute approximate surface area is 141 Å².